The van der Waals surface area contributed by atoms with Crippen LogP contribution < -0.4 is 5.32 Å². The van der Waals surface area contributed by atoms with Crippen molar-refractivity contribution < 1.29 is 19.1 Å². The largest absolute Gasteiger partial charge is 0.453 e. The zero-order valence-corrected chi connectivity index (χ0v) is 15.6. The third-order valence-corrected chi connectivity index (χ3v) is 4.27. The van der Waals surface area contributed by atoms with E-state index < -0.39 is 21.0 Å². The maximum absolute atomic E-state index is 12.2. The molecule has 0 bridgehead atoms. The maximum Gasteiger partial charge on any atom is 0.345 e. The molecule has 0 aromatic heterocycles. The summed E-state index contributed by atoms with van der Waals surface area (Å²) in [5.74, 6) is -0.932. The minimum Gasteiger partial charge on any atom is -0.453 e. The average molecular weight is 431 g/mol. The number of piperidine rings is 1. The summed E-state index contributed by atoms with van der Waals surface area (Å²) in [6.07, 6.45) is 1.41. The summed E-state index contributed by atoms with van der Waals surface area (Å²) in [7, 11) is 0. The first-order valence-corrected chi connectivity index (χ1v) is 8.76. The van der Waals surface area contributed by atoms with Crippen molar-refractivity contribution >= 4 is 34.5 Å². The number of halogens is 1. The van der Waals surface area contributed by atoms with E-state index in [2.05, 4.69) is 5.32 Å². The number of nitrogens with one attached hydrogen (secondary N) is 1. The van der Waals surface area contributed by atoms with Gasteiger partial charge in [0, 0.05) is 12.8 Å². The van der Waals surface area contributed by atoms with Crippen LogP contribution in [0.3, 0.4) is 0 Å². The Bertz CT molecular complexity index is 547. The first-order valence-electron chi connectivity index (χ1n) is 7.68. The van der Waals surface area contributed by atoms with Gasteiger partial charge in [0.15, 0.2) is 6.61 Å². The lowest BCUT2D eigenvalue weighted by atomic mass is 9.85. The topological polar surface area (TPSA) is 64.6 Å². The molecule has 0 atom stereocenters. The smallest absolute Gasteiger partial charge is 0.345 e. The number of hydrogen-bond acceptors (Lipinski definition) is 5. The summed E-state index contributed by atoms with van der Waals surface area (Å²) in [5.41, 5.74) is 0.339. The Labute approximate surface area is 150 Å². The second kappa shape index (κ2) is 7.61. The highest BCUT2D eigenvalue weighted by Crippen LogP contribution is 2.35. The van der Waals surface area contributed by atoms with Gasteiger partial charge in [-0.2, -0.15) is 0 Å². The molecular weight excluding hydrogens is 409 g/mol. The summed E-state index contributed by atoms with van der Waals surface area (Å²) in [4.78, 5) is 24.0. The zero-order chi connectivity index (χ0) is 16.9. The number of benzene rings is 1. The van der Waals surface area contributed by atoms with E-state index >= 15 is 0 Å². The molecular formula is C17H22INO4. The molecule has 5 nitrogen and oxygen atoms in total. The van der Waals surface area contributed by atoms with Crippen molar-refractivity contribution in [2.45, 2.75) is 35.7 Å². The molecule has 1 heterocycles. The van der Waals surface area contributed by atoms with Gasteiger partial charge in [0.2, 0.25) is 0 Å². The Morgan fingerprint density at radius 3 is 2.39 bits per heavy atom. The quantitative estimate of drug-likeness (QED) is 0.441. The molecule has 2 rings (SSSR count). The molecule has 1 N–H and O–H groups in total. The Morgan fingerprint density at radius 2 is 1.83 bits per heavy atom. The van der Waals surface area contributed by atoms with Gasteiger partial charge in [-0.25, -0.2) is 4.79 Å². The van der Waals surface area contributed by atoms with Crippen molar-refractivity contribution in [3.63, 3.8) is 0 Å². The lowest BCUT2D eigenvalue weighted by Crippen LogP contribution is -2.44. The fraction of sp³-hybridized carbons (Fsp3) is 0.529. The summed E-state index contributed by atoms with van der Waals surface area (Å²) in [6.45, 7) is 4.68. The van der Waals surface area contributed by atoms with Crippen LogP contribution in [0.25, 0.3) is 0 Å². The molecule has 23 heavy (non-hydrogen) atoms. The summed E-state index contributed by atoms with van der Waals surface area (Å²) in [5, 5.41) is 3.27. The van der Waals surface area contributed by atoms with Gasteiger partial charge in [-0.1, -0.05) is 52.9 Å². The minimum absolute atomic E-state index is 0.354. The van der Waals surface area contributed by atoms with Gasteiger partial charge in [-0.15, -0.1) is 0 Å². The van der Waals surface area contributed by atoms with E-state index in [0.717, 1.165) is 18.7 Å². The number of hydrogen-bond donors (Lipinski definition) is 1. The predicted octanol–water partition coefficient (Wildman–Crippen LogP) is 2.57. The molecule has 1 saturated heterocycles. The van der Waals surface area contributed by atoms with Crippen LogP contribution in [0.4, 0.5) is 0 Å². The van der Waals surface area contributed by atoms with Crippen molar-refractivity contribution in [3.05, 3.63) is 35.9 Å². The first kappa shape index (κ1) is 18.2. The van der Waals surface area contributed by atoms with E-state index in [1.165, 1.54) is 0 Å². The first-order chi connectivity index (χ1) is 10.8. The van der Waals surface area contributed by atoms with Gasteiger partial charge in [0.05, 0.1) is 0 Å². The number of ether oxygens (including phenoxy) is 2. The number of esters is 2. The molecule has 0 saturated carbocycles. The van der Waals surface area contributed by atoms with Crippen molar-refractivity contribution in [2.75, 3.05) is 19.7 Å². The van der Waals surface area contributed by atoms with Crippen molar-refractivity contribution in [1.29, 1.82) is 0 Å². The Balaban J connectivity index is 2.04. The third-order valence-electron chi connectivity index (χ3n) is 3.83. The maximum atomic E-state index is 12.2. The average Bonchev–Trinajstić information content (AvgIpc) is 2.53. The monoisotopic (exact) mass is 431 g/mol. The number of rotatable bonds is 5. The van der Waals surface area contributed by atoms with E-state index in [1.807, 2.05) is 52.9 Å². The lowest BCUT2D eigenvalue weighted by molar-refractivity contribution is -0.174. The SMILES string of the molecule is CC(C)(I)C(=O)OCC(=O)OC1(c2ccccc2)CCNCC1. The highest BCUT2D eigenvalue weighted by Gasteiger charge is 2.38. The second-order valence-corrected chi connectivity index (χ2v) is 8.83. The summed E-state index contributed by atoms with van der Waals surface area (Å²) in [6, 6.07) is 9.75. The van der Waals surface area contributed by atoms with Crippen molar-refractivity contribution in [2.24, 2.45) is 0 Å². The zero-order valence-electron chi connectivity index (χ0n) is 13.4. The fourth-order valence-electron chi connectivity index (χ4n) is 2.57. The summed E-state index contributed by atoms with van der Waals surface area (Å²) < 4.78 is 10.2. The van der Waals surface area contributed by atoms with Gasteiger partial charge in [-0.05, 0) is 32.5 Å². The van der Waals surface area contributed by atoms with Crippen LogP contribution in [-0.4, -0.2) is 35.1 Å². The Kier molecular flexibility index (Phi) is 6.02. The minimum atomic E-state index is -0.663. The van der Waals surface area contributed by atoms with Crippen molar-refractivity contribution in [3.8, 4) is 0 Å². The fourth-order valence-corrected chi connectivity index (χ4v) is 2.72. The predicted molar refractivity (Wildman–Crippen MR) is 95.4 cm³/mol. The van der Waals surface area contributed by atoms with Crippen molar-refractivity contribution in [1.82, 2.24) is 5.32 Å². The number of alkyl halides is 1. The normalized spacial score (nSPS) is 17.3. The van der Waals surface area contributed by atoms with E-state index in [4.69, 9.17) is 9.47 Å². The van der Waals surface area contributed by atoms with Gasteiger partial charge < -0.3 is 14.8 Å². The highest BCUT2D eigenvalue weighted by molar-refractivity contribution is 14.1. The van der Waals surface area contributed by atoms with Crippen LogP contribution in [0.2, 0.25) is 0 Å². The molecule has 1 aliphatic rings. The number of carbonyl (C=O) groups excluding carboxylic acids is 2. The molecule has 1 aliphatic heterocycles. The molecule has 126 valence electrons. The molecule has 0 amide bonds. The highest BCUT2D eigenvalue weighted by atomic mass is 127. The van der Waals surface area contributed by atoms with Gasteiger partial charge in [-0.3, -0.25) is 4.79 Å². The van der Waals surface area contributed by atoms with Crippen LogP contribution >= 0.6 is 22.6 Å². The molecule has 0 unspecified atom stereocenters. The Hall–Kier alpha value is -1.15. The van der Waals surface area contributed by atoms with Crippen LogP contribution in [0.15, 0.2) is 30.3 Å². The number of carbonyl (C=O) groups is 2. The molecule has 1 aromatic rings. The van der Waals surface area contributed by atoms with E-state index in [0.29, 0.717) is 12.8 Å². The van der Waals surface area contributed by atoms with Crippen LogP contribution in [0, 0.1) is 0 Å². The van der Waals surface area contributed by atoms with Gasteiger partial charge in [0.25, 0.3) is 0 Å². The van der Waals surface area contributed by atoms with Crippen LogP contribution in [0.5, 0.6) is 0 Å². The lowest BCUT2D eigenvalue weighted by Gasteiger charge is -2.37. The van der Waals surface area contributed by atoms with Crippen LogP contribution in [-0.2, 0) is 24.7 Å². The molecule has 0 aliphatic carbocycles. The van der Waals surface area contributed by atoms with E-state index in [1.54, 1.807) is 13.8 Å². The third kappa shape index (κ3) is 4.91. The molecule has 0 spiro atoms. The standard InChI is InChI=1S/C17H22INO4/c1-16(2,18)15(21)22-12-14(20)23-17(8-10-19-11-9-17)13-6-4-3-5-7-13/h3-7,19H,8-12H2,1-2H3. The van der Waals surface area contributed by atoms with Gasteiger partial charge in [0.1, 0.15) is 9.02 Å². The molecule has 1 aromatic carbocycles. The molecule has 6 heteroatoms. The van der Waals surface area contributed by atoms with Gasteiger partial charge >= 0.3 is 11.9 Å². The molecule has 1 fully saturated rings. The summed E-state index contributed by atoms with van der Waals surface area (Å²) >= 11 is 1.98. The second-order valence-electron chi connectivity index (χ2n) is 6.13. The van der Waals surface area contributed by atoms with E-state index in [9.17, 15) is 9.59 Å². The molecule has 0 radical (unpaired) electrons. The Morgan fingerprint density at radius 1 is 1.22 bits per heavy atom. The van der Waals surface area contributed by atoms with E-state index in [-0.39, 0.29) is 6.61 Å². The van der Waals surface area contributed by atoms with Crippen LogP contribution in [0.1, 0.15) is 32.3 Å².